The highest BCUT2D eigenvalue weighted by Crippen LogP contribution is 2.31. The summed E-state index contributed by atoms with van der Waals surface area (Å²) in [7, 11) is 0. The largest absolute Gasteiger partial charge is 0.444 e. The monoisotopic (exact) mass is 392 g/mol. The lowest BCUT2D eigenvalue weighted by atomic mass is 10.1. The third kappa shape index (κ3) is 4.50. The number of ether oxygens (including phenoxy) is 1. The predicted octanol–water partition coefficient (Wildman–Crippen LogP) is 3.46. The molecule has 3 rings (SSSR count). The zero-order chi connectivity index (χ0) is 19.8. The summed E-state index contributed by atoms with van der Waals surface area (Å²) >= 11 is 5.96. The van der Waals surface area contributed by atoms with Crippen LogP contribution in [0.1, 0.15) is 45.3 Å². The number of hydrogen-bond acceptors (Lipinski definition) is 6. The highest BCUT2D eigenvalue weighted by atomic mass is 35.5. The third-order valence-corrected chi connectivity index (χ3v) is 4.67. The van der Waals surface area contributed by atoms with Crippen LogP contribution in [0.5, 0.6) is 0 Å². The number of nitrogen functional groups attached to an aromatic ring is 1. The van der Waals surface area contributed by atoms with Gasteiger partial charge in [-0.3, -0.25) is 4.68 Å². The summed E-state index contributed by atoms with van der Waals surface area (Å²) in [5.41, 5.74) is 7.93. The van der Waals surface area contributed by atoms with Crippen molar-refractivity contribution in [3.8, 4) is 11.1 Å². The van der Waals surface area contributed by atoms with E-state index in [1.807, 2.05) is 38.6 Å². The van der Waals surface area contributed by atoms with Crippen molar-refractivity contribution in [2.75, 3.05) is 18.8 Å². The van der Waals surface area contributed by atoms with Gasteiger partial charge in [-0.2, -0.15) is 5.10 Å². The number of nitrogens with two attached hydrogens (primary N) is 1. The van der Waals surface area contributed by atoms with Crippen LogP contribution in [-0.4, -0.2) is 49.7 Å². The molecular weight excluding hydrogens is 368 g/mol. The number of carbonyl (C=O) groups is 1. The number of aromatic nitrogens is 4. The number of anilines is 1. The molecule has 2 aromatic rings. The second kappa shape index (κ2) is 7.34. The molecule has 0 radical (unpaired) electrons. The molecule has 8 nitrogen and oxygen atoms in total. The molecule has 3 heterocycles. The van der Waals surface area contributed by atoms with E-state index in [1.54, 1.807) is 11.0 Å². The van der Waals surface area contributed by atoms with Gasteiger partial charge in [0.15, 0.2) is 11.0 Å². The smallest absolute Gasteiger partial charge is 0.410 e. The van der Waals surface area contributed by atoms with Crippen molar-refractivity contribution in [2.45, 2.75) is 52.2 Å². The molecule has 0 atom stereocenters. The highest BCUT2D eigenvalue weighted by molar-refractivity contribution is 6.29. The molecule has 0 aromatic carbocycles. The van der Waals surface area contributed by atoms with Crippen LogP contribution >= 0.6 is 11.6 Å². The van der Waals surface area contributed by atoms with Crippen molar-refractivity contribution in [1.29, 1.82) is 0 Å². The Hall–Kier alpha value is -2.35. The summed E-state index contributed by atoms with van der Waals surface area (Å²) in [6.45, 7) is 8.82. The fourth-order valence-electron chi connectivity index (χ4n) is 3.17. The number of likely N-dealkylation sites (tertiary alicyclic amines) is 1. The summed E-state index contributed by atoms with van der Waals surface area (Å²) in [6, 6.07) is 1.91. The Morgan fingerprint density at radius 1 is 1.26 bits per heavy atom. The molecule has 9 heteroatoms. The summed E-state index contributed by atoms with van der Waals surface area (Å²) in [5.74, 6) is 0.321. The maximum absolute atomic E-state index is 12.2. The van der Waals surface area contributed by atoms with Gasteiger partial charge < -0.3 is 15.4 Å². The first-order valence-electron chi connectivity index (χ1n) is 8.97. The average Bonchev–Trinajstić information content (AvgIpc) is 2.97. The Kier molecular flexibility index (Phi) is 5.28. The molecule has 1 amide bonds. The molecule has 1 saturated heterocycles. The van der Waals surface area contributed by atoms with Gasteiger partial charge in [-0.05, 0) is 46.6 Å². The van der Waals surface area contributed by atoms with Crippen LogP contribution in [0.4, 0.5) is 10.6 Å². The van der Waals surface area contributed by atoms with E-state index >= 15 is 0 Å². The number of amides is 1. The first kappa shape index (κ1) is 19.4. The van der Waals surface area contributed by atoms with E-state index in [2.05, 4.69) is 15.3 Å². The predicted molar refractivity (Wildman–Crippen MR) is 103 cm³/mol. The molecule has 146 valence electrons. The van der Waals surface area contributed by atoms with E-state index in [9.17, 15) is 4.79 Å². The van der Waals surface area contributed by atoms with Gasteiger partial charge in [0.05, 0.1) is 11.7 Å². The van der Waals surface area contributed by atoms with Gasteiger partial charge in [-0.15, -0.1) is 10.2 Å². The molecule has 0 bridgehead atoms. The molecule has 27 heavy (non-hydrogen) atoms. The van der Waals surface area contributed by atoms with Crippen LogP contribution in [0.3, 0.4) is 0 Å². The number of hydrogen-bond donors (Lipinski definition) is 1. The van der Waals surface area contributed by atoms with E-state index in [-0.39, 0.29) is 17.3 Å². The molecule has 0 saturated carbocycles. The summed E-state index contributed by atoms with van der Waals surface area (Å²) in [5, 5.41) is 12.6. The van der Waals surface area contributed by atoms with Gasteiger partial charge in [0.25, 0.3) is 0 Å². The Labute approximate surface area is 163 Å². The quantitative estimate of drug-likeness (QED) is 0.840. The summed E-state index contributed by atoms with van der Waals surface area (Å²) < 4.78 is 7.40. The van der Waals surface area contributed by atoms with Gasteiger partial charge in [0.1, 0.15) is 5.60 Å². The van der Waals surface area contributed by atoms with E-state index in [4.69, 9.17) is 22.1 Å². The second-order valence-corrected chi connectivity index (χ2v) is 8.16. The van der Waals surface area contributed by atoms with Crippen molar-refractivity contribution < 1.29 is 9.53 Å². The van der Waals surface area contributed by atoms with Crippen molar-refractivity contribution >= 4 is 23.5 Å². The number of carbonyl (C=O) groups excluding carboxylic acids is 1. The first-order valence-corrected chi connectivity index (χ1v) is 9.34. The molecule has 2 aromatic heterocycles. The normalized spacial score (nSPS) is 15.8. The second-order valence-electron chi connectivity index (χ2n) is 7.77. The minimum Gasteiger partial charge on any atom is -0.444 e. The lowest BCUT2D eigenvalue weighted by molar-refractivity contribution is 0.0184. The summed E-state index contributed by atoms with van der Waals surface area (Å²) in [6.07, 6.45) is 3.32. The molecule has 0 unspecified atom stereocenters. The number of halogens is 1. The van der Waals surface area contributed by atoms with Crippen molar-refractivity contribution in [3.05, 3.63) is 23.1 Å². The van der Waals surface area contributed by atoms with Crippen LogP contribution < -0.4 is 5.73 Å². The Bertz CT molecular complexity index is 837. The van der Waals surface area contributed by atoms with Gasteiger partial charge in [0.2, 0.25) is 0 Å². The van der Waals surface area contributed by atoms with E-state index in [0.29, 0.717) is 18.9 Å². The van der Waals surface area contributed by atoms with E-state index in [1.165, 1.54) is 0 Å². The molecule has 1 aliphatic rings. The standard InChI is InChI=1S/C18H25ClN6O2/c1-11-14(13-9-15(19)21-22-16(13)20)10-25(23-11)12-5-7-24(8-6-12)17(26)27-18(2,3)4/h9-10,12H,5-8H2,1-4H3,(H2,20,22). The van der Waals surface area contributed by atoms with Crippen molar-refractivity contribution in [2.24, 2.45) is 0 Å². The first-order chi connectivity index (χ1) is 12.6. The zero-order valence-corrected chi connectivity index (χ0v) is 16.8. The van der Waals surface area contributed by atoms with Crippen molar-refractivity contribution in [3.63, 3.8) is 0 Å². The maximum Gasteiger partial charge on any atom is 0.410 e. The van der Waals surface area contributed by atoms with E-state index in [0.717, 1.165) is 29.7 Å². The maximum atomic E-state index is 12.2. The fourth-order valence-corrected chi connectivity index (χ4v) is 3.31. The van der Waals surface area contributed by atoms with Gasteiger partial charge in [0, 0.05) is 30.4 Å². The van der Waals surface area contributed by atoms with Crippen molar-refractivity contribution in [1.82, 2.24) is 24.9 Å². The Balaban J connectivity index is 1.71. The third-order valence-electron chi connectivity index (χ3n) is 4.49. The van der Waals surface area contributed by atoms with Crippen LogP contribution in [0, 0.1) is 6.92 Å². The fraction of sp³-hybridized carbons (Fsp3) is 0.556. The minimum absolute atomic E-state index is 0.211. The topological polar surface area (TPSA) is 99.2 Å². The Morgan fingerprint density at radius 3 is 2.56 bits per heavy atom. The number of aryl methyl sites for hydroxylation is 1. The van der Waals surface area contributed by atoms with Crippen LogP contribution in [0.25, 0.3) is 11.1 Å². The van der Waals surface area contributed by atoms with Crippen LogP contribution in [0.2, 0.25) is 5.15 Å². The number of nitrogens with zero attached hydrogens (tertiary/aromatic N) is 5. The SMILES string of the molecule is Cc1nn(C2CCN(C(=O)OC(C)(C)C)CC2)cc1-c1cc(Cl)nnc1N. The molecular formula is C18H25ClN6O2. The van der Waals surface area contributed by atoms with Crippen LogP contribution in [0.15, 0.2) is 12.3 Å². The minimum atomic E-state index is -0.484. The van der Waals surface area contributed by atoms with Gasteiger partial charge >= 0.3 is 6.09 Å². The number of piperidine rings is 1. The van der Waals surface area contributed by atoms with E-state index < -0.39 is 5.60 Å². The average molecular weight is 393 g/mol. The van der Waals surface area contributed by atoms with Gasteiger partial charge in [-0.25, -0.2) is 4.79 Å². The summed E-state index contributed by atoms with van der Waals surface area (Å²) in [4.78, 5) is 14.0. The van der Waals surface area contributed by atoms with Gasteiger partial charge in [-0.1, -0.05) is 11.6 Å². The molecule has 0 aliphatic carbocycles. The molecule has 2 N–H and O–H groups in total. The lowest BCUT2D eigenvalue weighted by Gasteiger charge is -2.33. The highest BCUT2D eigenvalue weighted by Gasteiger charge is 2.28. The number of rotatable bonds is 2. The molecule has 1 fully saturated rings. The Morgan fingerprint density at radius 2 is 1.93 bits per heavy atom. The van der Waals surface area contributed by atoms with Crippen LogP contribution in [-0.2, 0) is 4.74 Å². The lowest BCUT2D eigenvalue weighted by Crippen LogP contribution is -2.42. The zero-order valence-electron chi connectivity index (χ0n) is 16.1. The molecule has 1 aliphatic heterocycles. The molecule has 0 spiro atoms.